The average Bonchev–Trinajstić information content (AvgIpc) is 3.02. The topological polar surface area (TPSA) is 74.7 Å². The van der Waals surface area contributed by atoms with Gasteiger partial charge in [-0.05, 0) is 11.5 Å². The van der Waals surface area contributed by atoms with Gasteiger partial charge < -0.3 is 5.11 Å². The SMILES string of the molecule is O=C(O)[C@@H]1CN(S(=O)(=O)c2ccc3ccccc3c2F)C[C@H]1C(F)(F)F. The molecule has 0 unspecified atom stereocenters. The third kappa shape index (κ3) is 3.03. The van der Waals surface area contributed by atoms with Gasteiger partial charge in [-0.15, -0.1) is 0 Å². The zero-order chi connectivity index (χ0) is 19.3. The molecule has 2 aromatic carbocycles. The van der Waals surface area contributed by atoms with Gasteiger partial charge in [0.05, 0.1) is 11.8 Å². The highest BCUT2D eigenvalue weighted by Crippen LogP contribution is 2.40. The summed E-state index contributed by atoms with van der Waals surface area (Å²) in [6.07, 6.45) is -4.88. The van der Waals surface area contributed by atoms with Crippen molar-refractivity contribution in [3.8, 4) is 0 Å². The molecule has 0 spiro atoms. The Morgan fingerprint density at radius 2 is 1.77 bits per heavy atom. The number of carboxylic acids is 1. The molecule has 0 saturated carbocycles. The zero-order valence-corrected chi connectivity index (χ0v) is 13.9. The van der Waals surface area contributed by atoms with Gasteiger partial charge in [0.15, 0.2) is 5.82 Å². The molecule has 3 rings (SSSR count). The number of carboxylic acid groups (broad SMARTS) is 1. The van der Waals surface area contributed by atoms with Gasteiger partial charge in [-0.3, -0.25) is 4.79 Å². The number of rotatable bonds is 3. The van der Waals surface area contributed by atoms with Crippen molar-refractivity contribution in [1.29, 1.82) is 0 Å². The van der Waals surface area contributed by atoms with Gasteiger partial charge in [0.25, 0.3) is 0 Å². The number of aliphatic carboxylic acids is 1. The van der Waals surface area contributed by atoms with Crippen molar-refractivity contribution in [3.63, 3.8) is 0 Å². The van der Waals surface area contributed by atoms with E-state index < -0.39 is 57.8 Å². The van der Waals surface area contributed by atoms with E-state index in [0.29, 0.717) is 9.69 Å². The molecule has 5 nitrogen and oxygen atoms in total. The van der Waals surface area contributed by atoms with Crippen molar-refractivity contribution >= 4 is 26.8 Å². The third-order valence-electron chi connectivity index (χ3n) is 4.47. The minimum Gasteiger partial charge on any atom is -0.481 e. The van der Waals surface area contributed by atoms with Crippen LogP contribution in [0.15, 0.2) is 41.3 Å². The number of nitrogens with zero attached hydrogens (tertiary/aromatic N) is 1. The molecule has 1 aliphatic heterocycles. The number of halogens is 4. The van der Waals surface area contributed by atoms with Gasteiger partial charge in [0.1, 0.15) is 4.90 Å². The van der Waals surface area contributed by atoms with Crippen molar-refractivity contribution in [2.24, 2.45) is 11.8 Å². The number of fused-ring (bicyclic) bond motifs is 1. The largest absolute Gasteiger partial charge is 0.481 e. The number of hydrogen-bond acceptors (Lipinski definition) is 3. The van der Waals surface area contributed by atoms with Crippen LogP contribution in [0.2, 0.25) is 0 Å². The first-order valence-corrected chi connectivity index (χ1v) is 8.94. The van der Waals surface area contributed by atoms with Crippen molar-refractivity contribution in [2.45, 2.75) is 11.1 Å². The van der Waals surface area contributed by atoms with E-state index in [1.807, 2.05) is 0 Å². The van der Waals surface area contributed by atoms with E-state index in [1.165, 1.54) is 18.2 Å². The lowest BCUT2D eigenvalue weighted by Crippen LogP contribution is -2.34. The second-order valence-corrected chi connectivity index (χ2v) is 7.92. The summed E-state index contributed by atoms with van der Waals surface area (Å²) in [5.41, 5.74) is 0. The molecule has 10 heteroatoms. The molecule has 26 heavy (non-hydrogen) atoms. The van der Waals surface area contributed by atoms with E-state index in [2.05, 4.69) is 0 Å². The molecule has 1 fully saturated rings. The van der Waals surface area contributed by atoms with Crippen LogP contribution in [0.1, 0.15) is 0 Å². The highest BCUT2D eigenvalue weighted by Gasteiger charge is 2.55. The maximum atomic E-state index is 14.7. The number of benzene rings is 2. The molecule has 0 bridgehead atoms. The monoisotopic (exact) mass is 391 g/mol. The van der Waals surface area contributed by atoms with Gasteiger partial charge in [-0.25, -0.2) is 12.8 Å². The van der Waals surface area contributed by atoms with Crippen LogP contribution in [0.3, 0.4) is 0 Å². The maximum absolute atomic E-state index is 14.7. The summed E-state index contributed by atoms with van der Waals surface area (Å²) < 4.78 is 79.6. The molecule has 0 amide bonds. The summed E-state index contributed by atoms with van der Waals surface area (Å²) in [4.78, 5) is 10.3. The Kier molecular flexibility index (Phi) is 4.43. The number of alkyl halides is 3. The Hall–Kier alpha value is -2.20. The quantitative estimate of drug-likeness (QED) is 0.817. The van der Waals surface area contributed by atoms with E-state index in [1.54, 1.807) is 12.1 Å². The predicted molar refractivity (Wildman–Crippen MR) is 83.3 cm³/mol. The minimum absolute atomic E-state index is 0.00919. The Bertz CT molecular complexity index is 974. The first kappa shape index (κ1) is 18.6. The molecule has 0 radical (unpaired) electrons. The molecule has 1 aliphatic rings. The summed E-state index contributed by atoms with van der Waals surface area (Å²) in [5.74, 6) is -7.11. The van der Waals surface area contributed by atoms with E-state index in [-0.39, 0.29) is 5.39 Å². The van der Waals surface area contributed by atoms with Gasteiger partial charge in [-0.1, -0.05) is 30.3 Å². The highest BCUT2D eigenvalue weighted by molar-refractivity contribution is 7.89. The smallest absolute Gasteiger partial charge is 0.393 e. The standard InChI is InChI=1S/C16H13F4NO4S/c17-14-10-4-2-1-3-9(10)5-6-13(14)26(24,25)21-7-11(15(22)23)12(8-21)16(18,19)20/h1-6,11-12H,7-8H2,(H,22,23)/t11-,12-/m1/s1. The van der Waals surface area contributed by atoms with Crippen LogP contribution in [0, 0.1) is 17.7 Å². The normalized spacial score (nSPS) is 22.0. The molecular formula is C16H13F4NO4S. The van der Waals surface area contributed by atoms with Crippen molar-refractivity contribution < 1.29 is 35.9 Å². The van der Waals surface area contributed by atoms with E-state index in [9.17, 15) is 30.8 Å². The number of sulfonamides is 1. The summed E-state index contributed by atoms with van der Waals surface area (Å²) in [7, 11) is -4.63. The summed E-state index contributed by atoms with van der Waals surface area (Å²) in [6, 6.07) is 8.36. The van der Waals surface area contributed by atoms with Crippen LogP contribution >= 0.6 is 0 Å². The second kappa shape index (κ2) is 6.20. The minimum atomic E-state index is -4.88. The molecule has 1 saturated heterocycles. The first-order chi connectivity index (χ1) is 12.0. The summed E-state index contributed by atoms with van der Waals surface area (Å²) in [5, 5.41) is 9.44. The molecule has 1 heterocycles. The van der Waals surface area contributed by atoms with Crippen LogP contribution in [0.25, 0.3) is 10.8 Å². The van der Waals surface area contributed by atoms with Gasteiger partial charge >= 0.3 is 12.1 Å². The van der Waals surface area contributed by atoms with Crippen LogP contribution < -0.4 is 0 Å². The van der Waals surface area contributed by atoms with E-state index in [0.717, 1.165) is 6.07 Å². The van der Waals surface area contributed by atoms with Crippen molar-refractivity contribution in [3.05, 3.63) is 42.2 Å². The van der Waals surface area contributed by atoms with Gasteiger partial charge in [0.2, 0.25) is 10.0 Å². The fourth-order valence-corrected chi connectivity index (χ4v) is 4.67. The molecule has 0 aromatic heterocycles. The highest BCUT2D eigenvalue weighted by atomic mass is 32.2. The summed E-state index contributed by atoms with van der Waals surface area (Å²) in [6.45, 7) is -1.93. The summed E-state index contributed by atoms with van der Waals surface area (Å²) >= 11 is 0. The lowest BCUT2D eigenvalue weighted by Gasteiger charge is -2.19. The average molecular weight is 391 g/mol. The fraction of sp³-hybridized carbons (Fsp3) is 0.312. The Balaban J connectivity index is 2.04. The van der Waals surface area contributed by atoms with Crippen molar-refractivity contribution in [2.75, 3.05) is 13.1 Å². The van der Waals surface area contributed by atoms with Gasteiger partial charge in [-0.2, -0.15) is 17.5 Å². The van der Waals surface area contributed by atoms with Crippen molar-refractivity contribution in [1.82, 2.24) is 4.31 Å². The molecule has 140 valence electrons. The van der Waals surface area contributed by atoms with Crippen LogP contribution in [0.4, 0.5) is 17.6 Å². The Morgan fingerprint density at radius 3 is 2.35 bits per heavy atom. The van der Waals surface area contributed by atoms with Crippen LogP contribution in [-0.4, -0.2) is 43.1 Å². The molecular weight excluding hydrogens is 378 g/mol. The zero-order valence-electron chi connectivity index (χ0n) is 13.1. The number of hydrogen-bond donors (Lipinski definition) is 1. The maximum Gasteiger partial charge on any atom is 0.393 e. The molecule has 2 atom stereocenters. The Morgan fingerprint density at radius 1 is 1.12 bits per heavy atom. The van der Waals surface area contributed by atoms with E-state index in [4.69, 9.17) is 5.11 Å². The lowest BCUT2D eigenvalue weighted by molar-refractivity contribution is -0.187. The van der Waals surface area contributed by atoms with E-state index >= 15 is 0 Å². The van der Waals surface area contributed by atoms with Gasteiger partial charge in [0, 0.05) is 18.5 Å². The lowest BCUT2D eigenvalue weighted by atomic mass is 9.96. The number of carbonyl (C=O) groups is 1. The van der Waals surface area contributed by atoms with Crippen LogP contribution in [0.5, 0.6) is 0 Å². The fourth-order valence-electron chi connectivity index (χ4n) is 3.10. The van der Waals surface area contributed by atoms with Crippen LogP contribution in [-0.2, 0) is 14.8 Å². The molecule has 0 aliphatic carbocycles. The molecule has 2 aromatic rings. The molecule has 1 N–H and O–H groups in total. The Labute approximate surface area is 145 Å². The third-order valence-corrected chi connectivity index (χ3v) is 6.32. The first-order valence-electron chi connectivity index (χ1n) is 7.50. The predicted octanol–water partition coefficient (Wildman–Crippen LogP) is 2.86. The second-order valence-electron chi connectivity index (χ2n) is 6.01.